The van der Waals surface area contributed by atoms with Crippen LogP contribution >= 0.6 is 0 Å². The topological polar surface area (TPSA) is 158 Å². The molecule has 14 heteroatoms. The summed E-state index contributed by atoms with van der Waals surface area (Å²) in [6.45, 7) is 5.25. The van der Waals surface area contributed by atoms with E-state index in [1.807, 2.05) is 11.8 Å². The van der Waals surface area contributed by atoms with Crippen molar-refractivity contribution in [3.63, 3.8) is 0 Å². The number of nitro benzene ring substituents is 1. The molecule has 13 nitrogen and oxygen atoms in total. The molecule has 2 fully saturated rings. The lowest BCUT2D eigenvalue weighted by Gasteiger charge is -2.42. The minimum Gasteiger partial charge on any atom is -0.422 e. The van der Waals surface area contributed by atoms with Crippen LogP contribution in [0.5, 0.6) is 0 Å². The largest absolute Gasteiger partial charge is 0.509 e. The molecule has 0 spiro atoms. The van der Waals surface area contributed by atoms with Gasteiger partial charge in [0.15, 0.2) is 5.82 Å². The predicted octanol–water partition coefficient (Wildman–Crippen LogP) is -1.47. The number of aromatic nitrogens is 2. The standard InChI is InChI=1S/C19H26BN7O6/c1-12-8-25(17-10-33-11-21-17)5-6-26(12)14-4-3-13(7-15(14)27(31)32)22-18-19(28)24(2)9-16(23-18)20(29)30/h3-4,7,9,12,17,21,29-30H,5-6,8,10-11H2,1-2H3,(H,22,23)/t12-,17?/m0/s1. The summed E-state index contributed by atoms with van der Waals surface area (Å²) in [6, 6.07) is 4.68. The normalized spacial score (nSPS) is 21.3. The number of rotatable bonds is 6. The Kier molecular flexibility index (Phi) is 6.62. The summed E-state index contributed by atoms with van der Waals surface area (Å²) in [6.07, 6.45) is 1.36. The van der Waals surface area contributed by atoms with Crippen molar-refractivity contribution in [3.8, 4) is 0 Å². The molecule has 2 saturated heterocycles. The summed E-state index contributed by atoms with van der Waals surface area (Å²) in [5.41, 5.74) is 0.0460. The third-order valence-electron chi connectivity index (χ3n) is 5.89. The first-order chi connectivity index (χ1) is 15.7. The smallest absolute Gasteiger partial charge is 0.422 e. The van der Waals surface area contributed by atoms with Gasteiger partial charge < -0.3 is 29.6 Å². The van der Waals surface area contributed by atoms with E-state index < -0.39 is 17.6 Å². The highest BCUT2D eigenvalue weighted by molar-refractivity contribution is 6.57. The van der Waals surface area contributed by atoms with Crippen LogP contribution < -0.4 is 26.7 Å². The van der Waals surface area contributed by atoms with E-state index in [4.69, 9.17) is 4.74 Å². The second kappa shape index (κ2) is 9.45. The monoisotopic (exact) mass is 459 g/mol. The highest BCUT2D eigenvalue weighted by Gasteiger charge is 2.33. The van der Waals surface area contributed by atoms with Crippen molar-refractivity contribution in [3.05, 3.63) is 44.9 Å². The lowest BCUT2D eigenvalue weighted by Crippen LogP contribution is -2.57. The number of ether oxygens (including phenoxy) is 1. The van der Waals surface area contributed by atoms with Crippen LogP contribution in [0.4, 0.5) is 22.9 Å². The molecule has 0 amide bonds. The van der Waals surface area contributed by atoms with Gasteiger partial charge in [-0.1, -0.05) is 0 Å². The van der Waals surface area contributed by atoms with E-state index in [1.54, 1.807) is 12.1 Å². The summed E-state index contributed by atoms with van der Waals surface area (Å²) < 4.78 is 6.54. The Balaban J connectivity index is 1.58. The Bertz CT molecular complexity index is 1090. The maximum Gasteiger partial charge on any atom is 0.509 e. The Morgan fingerprint density at radius 2 is 2.15 bits per heavy atom. The van der Waals surface area contributed by atoms with Gasteiger partial charge in [-0.25, -0.2) is 4.98 Å². The molecule has 4 N–H and O–H groups in total. The van der Waals surface area contributed by atoms with Gasteiger partial charge in [-0.3, -0.25) is 25.1 Å². The zero-order chi connectivity index (χ0) is 23.7. The zero-order valence-electron chi connectivity index (χ0n) is 18.3. The van der Waals surface area contributed by atoms with Crippen molar-refractivity contribution >= 4 is 35.6 Å². The van der Waals surface area contributed by atoms with Gasteiger partial charge in [0.05, 0.1) is 30.0 Å². The number of anilines is 3. The van der Waals surface area contributed by atoms with E-state index >= 15 is 0 Å². The second-order valence-corrected chi connectivity index (χ2v) is 8.16. The molecule has 0 saturated carbocycles. The lowest BCUT2D eigenvalue weighted by molar-refractivity contribution is -0.384. The quantitative estimate of drug-likeness (QED) is 0.227. The van der Waals surface area contributed by atoms with Gasteiger partial charge >= 0.3 is 7.12 Å². The molecule has 0 bridgehead atoms. The second-order valence-electron chi connectivity index (χ2n) is 8.16. The van der Waals surface area contributed by atoms with Gasteiger partial charge in [-0.2, -0.15) is 0 Å². The molecule has 0 aliphatic carbocycles. The molecule has 2 atom stereocenters. The van der Waals surface area contributed by atoms with Crippen LogP contribution in [0.25, 0.3) is 0 Å². The van der Waals surface area contributed by atoms with Crippen LogP contribution in [0, 0.1) is 10.1 Å². The summed E-state index contributed by atoms with van der Waals surface area (Å²) in [4.78, 5) is 32.0. The lowest BCUT2D eigenvalue weighted by atomic mass is 9.87. The third-order valence-corrected chi connectivity index (χ3v) is 5.89. The van der Waals surface area contributed by atoms with Gasteiger partial charge in [0.25, 0.3) is 11.2 Å². The fourth-order valence-corrected chi connectivity index (χ4v) is 4.21. The van der Waals surface area contributed by atoms with E-state index in [-0.39, 0.29) is 29.3 Å². The average molecular weight is 459 g/mol. The Labute approximate surface area is 189 Å². The van der Waals surface area contributed by atoms with Gasteiger partial charge in [0.2, 0.25) is 0 Å². The maximum atomic E-state index is 12.4. The predicted molar refractivity (Wildman–Crippen MR) is 122 cm³/mol. The van der Waals surface area contributed by atoms with E-state index in [0.717, 1.165) is 17.7 Å². The molecule has 1 aromatic carbocycles. The number of nitrogens with zero attached hydrogens (tertiary/aromatic N) is 5. The number of hydrogen-bond donors (Lipinski definition) is 4. The molecular formula is C19H26BN7O6. The van der Waals surface area contributed by atoms with Crippen LogP contribution in [0.2, 0.25) is 0 Å². The van der Waals surface area contributed by atoms with Gasteiger partial charge in [0.1, 0.15) is 5.69 Å². The van der Waals surface area contributed by atoms with Crippen molar-refractivity contribution in [2.75, 3.05) is 43.2 Å². The van der Waals surface area contributed by atoms with Crippen LogP contribution in [0.1, 0.15) is 6.92 Å². The summed E-state index contributed by atoms with van der Waals surface area (Å²) in [5, 5.41) is 36.7. The first-order valence-electron chi connectivity index (χ1n) is 10.6. The van der Waals surface area contributed by atoms with E-state index in [1.165, 1.54) is 19.3 Å². The number of nitrogens with one attached hydrogen (secondary N) is 2. The minimum atomic E-state index is -1.86. The first-order valence-corrected chi connectivity index (χ1v) is 10.6. The number of benzene rings is 1. The number of nitro groups is 1. The van der Waals surface area contributed by atoms with E-state index in [2.05, 4.69) is 20.5 Å². The molecule has 4 rings (SSSR count). The number of aryl methyl sites for hydroxylation is 1. The number of piperazine rings is 1. The van der Waals surface area contributed by atoms with Gasteiger partial charge in [-0.15, -0.1) is 0 Å². The van der Waals surface area contributed by atoms with E-state index in [0.29, 0.717) is 31.3 Å². The number of hydrogen-bond acceptors (Lipinski definition) is 11. The maximum absolute atomic E-state index is 12.4. The molecule has 2 aliphatic heterocycles. The highest BCUT2D eigenvalue weighted by Crippen LogP contribution is 2.34. The van der Waals surface area contributed by atoms with Crippen LogP contribution in [-0.2, 0) is 11.8 Å². The summed E-state index contributed by atoms with van der Waals surface area (Å²) in [5.74, 6) is -0.168. The molecule has 3 heterocycles. The Morgan fingerprint density at radius 1 is 1.36 bits per heavy atom. The Morgan fingerprint density at radius 3 is 2.79 bits per heavy atom. The summed E-state index contributed by atoms with van der Waals surface area (Å²) in [7, 11) is -0.416. The zero-order valence-corrected chi connectivity index (χ0v) is 18.3. The molecular weight excluding hydrogens is 433 g/mol. The molecule has 2 aromatic rings. The fourth-order valence-electron chi connectivity index (χ4n) is 4.21. The van der Waals surface area contributed by atoms with E-state index in [9.17, 15) is 25.0 Å². The minimum absolute atomic E-state index is 0.0374. The first kappa shape index (κ1) is 23.1. The van der Waals surface area contributed by atoms with Crippen molar-refractivity contribution in [2.45, 2.75) is 19.1 Å². The van der Waals surface area contributed by atoms with Crippen molar-refractivity contribution in [2.24, 2.45) is 7.05 Å². The summed E-state index contributed by atoms with van der Waals surface area (Å²) >= 11 is 0. The Hall–Kier alpha value is -3.04. The molecule has 1 aromatic heterocycles. The SMILES string of the molecule is C[C@H]1CN(C2COCN2)CCN1c1ccc(Nc2nc(B(O)O)cn(C)c2=O)cc1[N+](=O)[O-]. The third kappa shape index (κ3) is 4.84. The van der Waals surface area contributed by atoms with Crippen molar-refractivity contribution in [1.82, 2.24) is 19.8 Å². The molecule has 1 unspecified atom stereocenters. The molecule has 33 heavy (non-hydrogen) atoms. The highest BCUT2D eigenvalue weighted by atomic mass is 16.6. The molecule has 2 aliphatic rings. The average Bonchev–Trinajstić information content (AvgIpc) is 3.31. The van der Waals surface area contributed by atoms with Gasteiger partial charge in [-0.05, 0) is 19.1 Å². The fraction of sp³-hybridized carbons (Fsp3) is 0.474. The molecule has 0 radical (unpaired) electrons. The van der Waals surface area contributed by atoms with Crippen molar-refractivity contribution in [1.29, 1.82) is 0 Å². The van der Waals surface area contributed by atoms with Crippen LogP contribution in [0.15, 0.2) is 29.2 Å². The van der Waals surface area contributed by atoms with Crippen LogP contribution in [-0.4, -0.2) is 81.7 Å². The van der Waals surface area contributed by atoms with Gasteiger partial charge in [0, 0.05) is 50.7 Å². The van der Waals surface area contributed by atoms with Crippen molar-refractivity contribution < 1.29 is 19.7 Å². The molecule has 176 valence electrons. The van der Waals surface area contributed by atoms with Crippen LogP contribution in [0.3, 0.4) is 0 Å².